The predicted molar refractivity (Wildman–Crippen MR) is 202 cm³/mol. The van der Waals surface area contributed by atoms with E-state index in [2.05, 4.69) is 145 Å². The minimum Gasteiger partial charge on any atom is -0.256 e. The van der Waals surface area contributed by atoms with E-state index in [1.165, 1.54) is 16.7 Å². The van der Waals surface area contributed by atoms with Gasteiger partial charge in [-0.3, -0.25) is 9.98 Å². The van der Waals surface area contributed by atoms with Gasteiger partial charge in [0.25, 0.3) is 0 Å². The van der Waals surface area contributed by atoms with Crippen molar-refractivity contribution < 1.29 is 0 Å². The van der Waals surface area contributed by atoms with Crippen molar-refractivity contribution in [2.45, 2.75) is 60.8 Å². The number of aromatic nitrogens is 1. The minimum absolute atomic E-state index is 0.255. The van der Waals surface area contributed by atoms with Crippen LogP contribution in [-0.4, -0.2) is 10.7 Å². The van der Waals surface area contributed by atoms with Gasteiger partial charge in [-0.1, -0.05) is 124 Å². The number of rotatable bonds is 12. The highest BCUT2D eigenvalue weighted by Crippen LogP contribution is 2.30. The van der Waals surface area contributed by atoms with E-state index in [-0.39, 0.29) is 5.92 Å². The monoisotopic (exact) mass is 604 g/mol. The van der Waals surface area contributed by atoms with Gasteiger partial charge in [-0.25, -0.2) is 0 Å². The van der Waals surface area contributed by atoms with Gasteiger partial charge in [-0.2, -0.15) is 0 Å². The molecular weight excluding hydrogens is 556 g/mol. The number of allylic oxidation sites excluding steroid dienone is 14. The van der Waals surface area contributed by atoms with Gasteiger partial charge in [-0.05, 0) is 110 Å². The van der Waals surface area contributed by atoms with Gasteiger partial charge < -0.3 is 0 Å². The molecule has 0 spiro atoms. The summed E-state index contributed by atoms with van der Waals surface area (Å²) in [5.74, 6) is 0.255. The molecule has 0 bridgehead atoms. The normalized spacial score (nSPS) is 15.5. The van der Waals surface area contributed by atoms with Crippen LogP contribution in [0.3, 0.4) is 0 Å². The summed E-state index contributed by atoms with van der Waals surface area (Å²) in [7, 11) is 0. The Labute approximate surface area is 277 Å². The molecule has 1 unspecified atom stereocenters. The van der Waals surface area contributed by atoms with Crippen LogP contribution in [0.2, 0.25) is 0 Å². The highest BCUT2D eigenvalue weighted by molar-refractivity contribution is 6.06. The first-order chi connectivity index (χ1) is 22.3. The van der Waals surface area contributed by atoms with Crippen LogP contribution in [-0.2, 0) is 0 Å². The third-order valence-corrected chi connectivity index (χ3v) is 8.13. The van der Waals surface area contributed by atoms with Gasteiger partial charge in [0.05, 0.1) is 11.4 Å². The topological polar surface area (TPSA) is 25.2 Å². The zero-order valence-corrected chi connectivity index (χ0v) is 28.4. The lowest BCUT2D eigenvalue weighted by Crippen LogP contribution is -2.01. The zero-order chi connectivity index (χ0) is 32.9. The number of pyridine rings is 1. The van der Waals surface area contributed by atoms with Gasteiger partial charge in [0.2, 0.25) is 0 Å². The summed E-state index contributed by atoms with van der Waals surface area (Å²) < 4.78 is 0. The maximum absolute atomic E-state index is 5.02. The summed E-state index contributed by atoms with van der Waals surface area (Å²) in [6.07, 6.45) is 29.5. The second kappa shape index (κ2) is 17.0. The van der Waals surface area contributed by atoms with Gasteiger partial charge in [0.15, 0.2) is 0 Å². The Morgan fingerprint density at radius 2 is 1.67 bits per heavy atom. The highest BCUT2D eigenvalue weighted by atomic mass is 14.7. The number of hydrogen-bond donors (Lipinski definition) is 0. The third-order valence-electron chi connectivity index (χ3n) is 8.13. The van der Waals surface area contributed by atoms with Crippen LogP contribution in [0.4, 0.5) is 5.69 Å². The Balaban J connectivity index is 1.66. The van der Waals surface area contributed by atoms with E-state index < -0.39 is 0 Å². The maximum atomic E-state index is 5.02. The van der Waals surface area contributed by atoms with Crippen molar-refractivity contribution in [1.29, 1.82) is 0 Å². The molecular formula is C44H48N2. The Hall–Kier alpha value is -4.82. The van der Waals surface area contributed by atoms with Crippen molar-refractivity contribution in [3.63, 3.8) is 0 Å². The average molecular weight is 605 g/mol. The molecule has 0 saturated carbocycles. The Bertz CT molecular complexity index is 1780. The molecule has 0 saturated heterocycles. The molecule has 1 heterocycles. The van der Waals surface area contributed by atoms with Crippen LogP contribution >= 0.6 is 0 Å². The lowest BCUT2D eigenvalue weighted by molar-refractivity contribution is 0.928. The molecule has 234 valence electrons. The molecule has 46 heavy (non-hydrogen) atoms. The fraction of sp³-hybridized carbons (Fsp3) is 0.227. The first-order valence-corrected chi connectivity index (χ1v) is 16.5. The summed E-state index contributed by atoms with van der Waals surface area (Å²) >= 11 is 0. The first-order valence-electron chi connectivity index (χ1n) is 16.5. The zero-order valence-electron chi connectivity index (χ0n) is 28.4. The molecule has 1 aliphatic carbocycles. The molecule has 0 amide bonds. The molecule has 2 aromatic carbocycles. The molecule has 0 aliphatic heterocycles. The number of hydrogen-bond acceptors (Lipinski definition) is 2. The standard InChI is InChI=1S/C44H48N2/c1-8-16-38-20-12-13-21-40(38)26-23-32(4)30-37(10-3)39(17-9-2)27-24-36-25-28-41(35(7)46-43-22-14-11-18-33(43)5)42(31-36)44-34(6)19-15-29-45-44/h8,10-11,14-32H,3,9,12-13H2,1-2,4-7H3/b16-8-,26-23+,27-24+,37-30-,39-17-,46-35+. The summed E-state index contributed by atoms with van der Waals surface area (Å²) in [6, 6.07) is 18.9. The molecule has 0 fully saturated rings. The average Bonchev–Trinajstić information content (AvgIpc) is 3.06. The van der Waals surface area contributed by atoms with Gasteiger partial charge >= 0.3 is 0 Å². The van der Waals surface area contributed by atoms with Crippen LogP contribution < -0.4 is 0 Å². The molecule has 0 N–H and O–H groups in total. The maximum Gasteiger partial charge on any atom is 0.0737 e. The molecule has 1 aromatic heterocycles. The van der Waals surface area contributed by atoms with Crippen molar-refractivity contribution in [1.82, 2.24) is 4.98 Å². The first kappa shape index (κ1) is 34.1. The summed E-state index contributed by atoms with van der Waals surface area (Å²) in [4.78, 5) is 9.81. The quantitative estimate of drug-likeness (QED) is 0.149. The molecule has 0 radical (unpaired) electrons. The van der Waals surface area contributed by atoms with Gasteiger partial charge in [0.1, 0.15) is 0 Å². The van der Waals surface area contributed by atoms with E-state index in [4.69, 9.17) is 9.98 Å². The van der Waals surface area contributed by atoms with Crippen molar-refractivity contribution >= 4 is 17.5 Å². The number of aliphatic imine (C=N–C) groups is 1. The molecule has 2 nitrogen and oxygen atoms in total. The fourth-order valence-corrected chi connectivity index (χ4v) is 5.66. The molecule has 2 heteroatoms. The Morgan fingerprint density at radius 3 is 2.37 bits per heavy atom. The molecule has 1 aliphatic rings. The summed E-state index contributed by atoms with van der Waals surface area (Å²) in [5.41, 5.74) is 13.4. The second-order valence-electron chi connectivity index (χ2n) is 11.8. The van der Waals surface area contributed by atoms with E-state index in [1.54, 1.807) is 0 Å². The number of para-hydroxylation sites is 1. The van der Waals surface area contributed by atoms with Gasteiger partial charge in [0, 0.05) is 23.0 Å². The SMILES string of the molecule is C=CC(=C/C(C)/C=C/C1=CCCC=C1/C=C\C)/C(=C\CC)/C=C/c1ccc(/C(C)=N/c2ccccc2C)c(-c2ncccc2C)c1. The summed E-state index contributed by atoms with van der Waals surface area (Å²) in [5, 5.41) is 0. The fourth-order valence-electron chi connectivity index (χ4n) is 5.66. The molecule has 1 atom stereocenters. The van der Waals surface area contributed by atoms with Crippen LogP contribution in [0.25, 0.3) is 17.3 Å². The van der Waals surface area contributed by atoms with Gasteiger partial charge in [-0.15, -0.1) is 0 Å². The van der Waals surface area contributed by atoms with Crippen molar-refractivity contribution in [3.05, 3.63) is 173 Å². The summed E-state index contributed by atoms with van der Waals surface area (Å²) in [6.45, 7) is 17.0. The third kappa shape index (κ3) is 9.11. The minimum atomic E-state index is 0.255. The number of aryl methyl sites for hydroxylation is 2. The molecule has 3 aromatic rings. The van der Waals surface area contributed by atoms with Crippen LogP contribution in [0.15, 0.2) is 155 Å². The van der Waals surface area contributed by atoms with E-state index in [9.17, 15) is 0 Å². The lowest BCUT2D eigenvalue weighted by Gasteiger charge is -2.13. The van der Waals surface area contributed by atoms with E-state index in [0.29, 0.717) is 0 Å². The largest absolute Gasteiger partial charge is 0.256 e. The van der Waals surface area contributed by atoms with E-state index in [0.717, 1.165) is 69.7 Å². The van der Waals surface area contributed by atoms with Crippen LogP contribution in [0.1, 0.15) is 69.2 Å². The van der Waals surface area contributed by atoms with Crippen LogP contribution in [0, 0.1) is 19.8 Å². The van der Waals surface area contributed by atoms with Crippen molar-refractivity contribution in [2.24, 2.45) is 10.9 Å². The smallest absolute Gasteiger partial charge is 0.0737 e. The van der Waals surface area contributed by atoms with Crippen LogP contribution in [0.5, 0.6) is 0 Å². The lowest BCUT2D eigenvalue weighted by atomic mass is 9.94. The predicted octanol–water partition coefficient (Wildman–Crippen LogP) is 12.4. The van der Waals surface area contributed by atoms with Crippen molar-refractivity contribution in [2.75, 3.05) is 0 Å². The number of nitrogens with zero attached hydrogens (tertiary/aromatic N) is 2. The van der Waals surface area contributed by atoms with E-state index in [1.807, 2.05) is 30.5 Å². The van der Waals surface area contributed by atoms with Crippen molar-refractivity contribution in [3.8, 4) is 11.3 Å². The Kier molecular flexibility index (Phi) is 12.6. The number of benzene rings is 2. The second-order valence-corrected chi connectivity index (χ2v) is 11.8. The highest BCUT2D eigenvalue weighted by Gasteiger charge is 2.13. The van der Waals surface area contributed by atoms with E-state index >= 15 is 0 Å². The molecule has 4 rings (SSSR count). The Morgan fingerprint density at radius 1 is 0.935 bits per heavy atom.